The highest BCUT2D eigenvalue weighted by atomic mass is 79.9. The third kappa shape index (κ3) is 5.36. The number of phenols is 1. The molecular formula is C22H17Br2FO4. The molecule has 29 heavy (non-hydrogen) atoms. The highest BCUT2D eigenvalue weighted by molar-refractivity contribution is 9.11. The summed E-state index contributed by atoms with van der Waals surface area (Å²) in [6.45, 7) is 0. The summed E-state index contributed by atoms with van der Waals surface area (Å²) >= 11 is 6.57. The van der Waals surface area contributed by atoms with Gasteiger partial charge < -0.3 is 14.9 Å². The summed E-state index contributed by atoms with van der Waals surface area (Å²) in [4.78, 5) is 10.8. The number of aromatic hydroxyl groups is 1. The van der Waals surface area contributed by atoms with Crippen molar-refractivity contribution in [1.29, 1.82) is 0 Å². The molecule has 0 saturated heterocycles. The molecule has 3 aromatic rings. The van der Waals surface area contributed by atoms with Gasteiger partial charge in [0.05, 0.1) is 8.95 Å². The van der Waals surface area contributed by atoms with Crippen LogP contribution in [0, 0.1) is 5.82 Å². The number of phenolic OH excluding ortho intramolecular Hbond substituents is 1. The molecule has 3 aromatic carbocycles. The van der Waals surface area contributed by atoms with Gasteiger partial charge in [-0.15, -0.1) is 0 Å². The minimum absolute atomic E-state index is 0.0685. The number of carboxylic acids is 1. The Labute approximate surface area is 184 Å². The molecule has 4 nitrogen and oxygen atoms in total. The van der Waals surface area contributed by atoms with Crippen LogP contribution in [0.2, 0.25) is 0 Å². The first-order valence-corrected chi connectivity index (χ1v) is 10.4. The van der Waals surface area contributed by atoms with Crippen molar-refractivity contribution >= 4 is 37.8 Å². The van der Waals surface area contributed by atoms with Crippen molar-refractivity contribution in [3.8, 4) is 17.2 Å². The molecule has 0 radical (unpaired) electrons. The molecule has 0 bridgehead atoms. The van der Waals surface area contributed by atoms with E-state index < -0.39 is 11.8 Å². The summed E-state index contributed by atoms with van der Waals surface area (Å²) < 4.78 is 21.1. The number of hydrogen-bond donors (Lipinski definition) is 2. The van der Waals surface area contributed by atoms with E-state index in [0.29, 0.717) is 22.2 Å². The van der Waals surface area contributed by atoms with Crippen LogP contribution in [0.3, 0.4) is 0 Å². The van der Waals surface area contributed by atoms with Crippen LogP contribution in [-0.4, -0.2) is 16.2 Å². The van der Waals surface area contributed by atoms with Gasteiger partial charge in [0.1, 0.15) is 17.3 Å². The van der Waals surface area contributed by atoms with Crippen molar-refractivity contribution < 1.29 is 24.1 Å². The molecule has 0 unspecified atom stereocenters. The molecule has 3 rings (SSSR count). The van der Waals surface area contributed by atoms with Gasteiger partial charge in [-0.1, -0.05) is 30.3 Å². The minimum atomic E-state index is -0.994. The molecule has 0 amide bonds. The van der Waals surface area contributed by atoms with Crippen LogP contribution in [0.1, 0.15) is 23.1 Å². The summed E-state index contributed by atoms with van der Waals surface area (Å²) in [5, 5.41) is 19.0. The lowest BCUT2D eigenvalue weighted by Crippen LogP contribution is -2.01. The molecule has 0 fully saturated rings. The number of halogens is 3. The normalized spacial score (nSPS) is 10.7. The Bertz CT molecular complexity index is 1040. The summed E-state index contributed by atoms with van der Waals surface area (Å²) in [5.74, 6) is -0.736. The Morgan fingerprint density at radius 2 is 1.76 bits per heavy atom. The first kappa shape index (κ1) is 21.3. The quantitative estimate of drug-likeness (QED) is 0.349. The fourth-order valence-electron chi connectivity index (χ4n) is 2.85. The van der Waals surface area contributed by atoms with Gasteiger partial charge in [0.15, 0.2) is 5.75 Å². The number of aryl methyl sites for hydroxylation is 1. The van der Waals surface area contributed by atoms with Gasteiger partial charge in [0, 0.05) is 18.4 Å². The van der Waals surface area contributed by atoms with Crippen LogP contribution in [0.25, 0.3) is 0 Å². The van der Waals surface area contributed by atoms with Crippen molar-refractivity contribution in [2.75, 3.05) is 0 Å². The summed E-state index contributed by atoms with van der Waals surface area (Å²) in [5.41, 5.74) is 1.99. The Morgan fingerprint density at radius 3 is 2.45 bits per heavy atom. The average molecular weight is 524 g/mol. The maximum atomic E-state index is 14.6. The van der Waals surface area contributed by atoms with E-state index in [1.54, 1.807) is 12.1 Å². The van der Waals surface area contributed by atoms with E-state index in [0.717, 1.165) is 5.56 Å². The highest BCUT2D eigenvalue weighted by Crippen LogP contribution is 2.41. The monoisotopic (exact) mass is 522 g/mol. The third-order valence-electron chi connectivity index (χ3n) is 4.31. The largest absolute Gasteiger partial charge is 0.508 e. The first-order chi connectivity index (χ1) is 13.8. The van der Waals surface area contributed by atoms with Crippen molar-refractivity contribution in [3.05, 3.63) is 86.1 Å². The van der Waals surface area contributed by atoms with Gasteiger partial charge in [-0.2, -0.15) is 0 Å². The molecule has 0 saturated carbocycles. The number of ether oxygens (including phenoxy) is 1. The lowest BCUT2D eigenvalue weighted by atomic mass is 10.0. The van der Waals surface area contributed by atoms with E-state index in [9.17, 15) is 14.3 Å². The van der Waals surface area contributed by atoms with Crippen molar-refractivity contribution in [2.45, 2.75) is 19.3 Å². The smallest absolute Gasteiger partial charge is 0.303 e. The van der Waals surface area contributed by atoms with Gasteiger partial charge in [-0.05, 0) is 73.7 Å². The van der Waals surface area contributed by atoms with Crippen LogP contribution in [0.15, 0.2) is 63.5 Å². The zero-order chi connectivity index (χ0) is 21.0. The van der Waals surface area contributed by atoms with Gasteiger partial charge >= 0.3 is 5.97 Å². The molecule has 0 aliphatic carbocycles. The second-order valence-electron chi connectivity index (χ2n) is 6.42. The Morgan fingerprint density at radius 1 is 1.03 bits per heavy atom. The second-order valence-corrected chi connectivity index (χ2v) is 8.07. The molecule has 150 valence electrons. The maximum Gasteiger partial charge on any atom is 0.303 e. The number of rotatable bonds is 7. The molecule has 0 heterocycles. The Hall–Kier alpha value is -2.38. The van der Waals surface area contributed by atoms with E-state index >= 15 is 0 Å². The van der Waals surface area contributed by atoms with Crippen LogP contribution < -0.4 is 4.74 Å². The first-order valence-electron chi connectivity index (χ1n) is 8.77. The van der Waals surface area contributed by atoms with Gasteiger partial charge in [-0.3, -0.25) is 4.79 Å². The van der Waals surface area contributed by atoms with E-state index in [4.69, 9.17) is 9.84 Å². The Kier molecular flexibility index (Phi) is 6.92. The molecule has 0 aliphatic rings. The second kappa shape index (κ2) is 9.41. The van der Waals surface area contributed by atoms with E-state index in [2.05, 4.69) is 31.9 Å². The minimum Gasteiger partial charge on any atom is -0.508 e. The molecule has 2 N–H and O–H groups in total. The predicted octanol–water partition coefficient (Wildman–Crippen LogP) is 6.46. The van der Waals surface area contributed by atoms with Gasteiger partial charge in [0.2, 0.25) is 0 Å². The third-order valence-corrected chi connectivity index (χ3v) is 5.61. The maximum absolute atomic E-state index is 14.6. The van der Waals surface area contributed by atoms with Crippen LogP contribution in [0.4, 0.5) is 4.39 Å². The van der Waals surface area contributed by atoms with Crippen molar-refractivity contribution in [3.63, 3.8) is 0 Å². The fraction of sp³-hybridized carbons (Fsp3) is 0.136. The number of aliphatic carboxylic acids is 1. The Balaban J connectivity index is 1.87. The van der Waals surface area contributed by atoms with E-state index in [1.807, 2.05) is 30.3 Å². The van der Waals surface area contributed by atoms with Crippen LogP contribution in [0.5, 0.6) is 17.2 Å². The molecule has 0 aliphatic heterocycles. The van der Waals surface area contributed by atoms with E-state index in [-0.39, 0.29) is 34.4 Å². The molecule has 0 aromatic heterocycles. The van der Waals surface area contributed by atoms with Crippen molar-refractivity contribution in [1.82, 2.24) is 0 Å². The molecule has 0 spiro atoms. The lowest BCUT2D eigenvalue weighted by molar-refractivity contribution is -0.136. The number of hydrogen-bond acceptors (Lipinski definition) is 3. The standard InChI is InChI=1S/C22H17Br2FO4/c23-17-12-14(6-9-19(27)28)21(25)20(24)22(17)29-16-7-8-18(26)15(11-16)10-13-4-2-1-3-5-13/h1-5,7-8,11-12,26H,6,9-10H2,(H,27,28). The lowest BCUT2D eigenvalue weighted by Gasteiger charge is -2.14. The molecular weight excluding hydrogens is 507 g/mol. The summed E-state index contributed by atoms with van der Waals surface area (Å²) in [6.07, 6.45) is 0.421. The summed E-state index contributed by atoms with van der Waals surface area (Å²) in [6, 6.07) is 16.1. The van der Waals surface area contributed by atoms with E-state index in [1.165, 1.54) is 12.1 Å². The molecule has 0 atom stereocenters. The number of benzene rings is 3. The number of carboxylic acid groups (broad SMARTS) is 1. The van der Waals surface area contributed by atoms with Crippen LogP contribution >= 0.6 is 31.9 Å². The average Bonchev–Trinajstić information content (AvgIpc) is 2.70. The fourth-order valence-corrected chi connectivity index (χ4v) is 4.22. The van der Waals surface area contributed by atoms with Crippen molar-refractivity contribution in [2.24, 2.45) is 0 Å². The zero-order valence-electron chi connectivity index (χ0n) is 15.2. The zero-order valence-corrected chi connectivity index (χ0v) is 18.3. The number of carbonyl (C=O) groups is 1. The highest BCUT2D eigenvalue weighted by Gasteiger charge is 2.18. The molecule has 7 heteroatoms. The predicted molar refractivity (Wildman–Crippen MR) is 115 cm³/mol. The summed E-state index contributed by atoms with van der Waals surface area (Å²) in [7, 11) is 0. The van der Waals surface area contributed by atoms with Gasteiger partial charge in [-0.25, -0.2) is 4.39 Å². The SMILES string of the molecule is O=C(O)CCc1cc(Br)c(Oc2ccc(O)c(Cc3ccccc3)c2)c(Br)c1F. The van der Waals surface area contributed by atoms with Gasteiger partial charge in [0.25, 0.3) is 0 Å². The van der Waals surface area contributed by atoms with Crippen LogP contribution in [-0.2, 0) is 17.6 Å². The topological polar surface area (TPSA) is 66.8 Å².